The molecule has 1 fully saturated rings. The number of epoxide rings is 1. The van der Waals surface area contributed by atoms with Gasteiger partial charge in [-0.15, -0.1) is 0 Å². The fourth-order valence-electron chi connectivity index (χ4n) is 2.22. The van der Waals surface area contributed by atoms with Gasteiger partial charge in [0.1, 0.15) is 17.2 Å². The van der Waals surface area contributed by atoms with Crippen LogP contribution >= 0.6 is 0 Å². The van der Waals surface area contributed by atoms with Crippen molar-refractivity contribution < 1.29 is 23.0 Å². The second-order valence-electron chi connectivity index (χ2n) is 5.09. The van der Waals surface area contributed by atoms with Crippen molar-refractivity contribution in [2.75, 3.05) is 13.2 Å². The van der Waals surface area contributed by atoms with Gasteiger partial charge in [-0.3, -0.25) is 4.79 Å². The molecule has 5 heteroatoms. The number of esters is 1. The molecule has 1 heterocycles. The highest BCUT2D eigenvalue weighted by molar-refractivity contribution is 5.78. The van der Waals surface area contributed by atoms with E-state index in [2.05, 4.69) is 0 Å². The zero-order valence-corrected chi connectivity index (χ0v) is 11.1. The molecule has 0 bridgehead atoms. The van der Waals surface area contributed by atoms with Crippen LogP contribution in [-0.2, 0) is 19.9 Å². The lowest BCUT2D eigenvalue weighted by Crippen LogP contribution is -2.40. The third-order valence-electron chi connectivity index (χ3n) is 3.59. The number of rotatable bonds is 4. The molecule has 0 aromatic heterocycles. The number of halogens is 2. The summed E-state index contributed by atoms with van der Waals surface area (Å²) in [7, 11) is 0. The van der Waals surface area contributed by atoms with E-state index in [1.54, 1.807) is 20.8 Å². The van der Waals surface area contributed by atoms with E-state index in [1.807, 2.05) is 0 Å². The zero-order valence-electron chi connectivity index (χ0n) is 11.1. The first-order chi connectivity index (χ1) is 8.85. The number of ether oxygens (including phenoxy) is 2. The summed E-state index contributed by atoms with van der Waals surface area (Å²) in [5.74, 6) is -1.84. The van der Waals surface area contributed by atoms with Crippen LogP contribution in [0.3, 0.4) is 0 Å². The van der Waals surface area contributed by atoms with Crippen molar-refractivity contribution in [3.05, 3.63) is 35.4 Å². The van der Waals surface area contributed by atoms with Crippen LogP contribution in [0.15, 0.2) is 18.2 Å². The van der Waals surface area contributed by atoms with Crippen molar-refractivity contribution >= 4 is 5.97 Å². The highest BCUT2D eigenvalue weighted by Gasteiger charge is 2.63. The molecule has 0 radical (unpaired) electrons. The first-order valence-electron chi connectivity index (χ1n) is 6.12. The minimum atomic E-state index is -1.07. The van der Waals surface area contributed by atoms with E-state index in [-0.39, 0.29) is 18.8 Å². The molecule has 0 N–H and O–H groups in total. The van der Waals surface area contributed by atoms with E-state index < -0.39 is 28.6 Å². The molecule has 0 saturated carbocycles. The van der Waals surface area contributed by atoms with Crippen LogP contribution < -0.4 is 0 Å². The number of hydrogen-bond acceptors (Lipinski definition) is 3. The minimum Gasteiger partial charge on any atom is -0.465 e. The number of carbonyl (C=O) groups is 1. The van der Waals surface area contributed by atoms with Gasteiger partial charge in [0.2, 0.25) is 0 Å². The van der Waals surface area contributed by atoms with Gasteiger partial charge in [-0.1, -0.05) is 6.07 Å². The van der Waals surface area contributed by atoms with Gasteiger partial charge in [-0.25, -0.2) is 8.78 Å². The minimum absolute atomic E-state index is 0.187. The average Bonchev–Trinajstić information content (AvgIpc) is 3.10. The van der Waals surface area contributed by atoms with Crippen molar-refractivity contribution in [2.24, 2.45) is 5.41 Å². The molecule has 0 amide bonds. The molecule has 1 aromatic carbocycles. The summed E-state index contributed by atoms with van der Waals surface area (Å²) in [5, 5.41) is 0. The Hall–Kier alpha value is -1.49. The van der Waals surface area contributed by atoms with Gasteiger partial charge in [0, 0.05) is 11.6 Å². The standard InChI is InChI=1S/C14H16F2O3/c1-4-18-12(17)13(2,3)14(8-19-14)10-6-5-9(15)7-11(10)16/h5-7H,4,8H2,1-3H3. The second-order valence-corrected chi connectivity index (χ2v) is 5.09. The third kappa shape index (κ3) is 2.12. The maximum absolute atomic E-state index is 13.9. The highest BCUT2D eigenvalue weighted by atomic mass is 19.1. The summed E-state index contributed by atoms with van der Waals surface area (Å²) >= 11 is 0. The van der Waals surface area contributed by atoms with Gasteiger partial charge in [-0.2, -0.15) is 0 Å². The Balaban J connectivity index is 2.40. The Labute approximate surface area is 110 Å². The van der Waals surface area contributed by atoms with Crippen LogP contribution in [0.5, 0.6) is 0 Å². The molecule has 0 spiro atoms. The number of benzene rings is 1. The topological polar surface area (TPSA) is 38.8 Å². The molecule has 19 heavy (non-hydrogen) atoms. The van der Waals surface area contributed by atoms with Gasteiger partial charge < -0.3 is 9.47 Å². The van der Waals surface area contributed by atoms with Gasteiger partial charge >= 0.3 is 5.97 Å². The molecule has 0 aliphatic carbocycles. The fraction of sp³-hybridized carbons (Fsp3) is 0.500. The molecule has 3 nitrogen and oxygen atoms in total. The molecule has 1 aliphatic heterocycles. The Kier molecular flexibility index (Phi) is 3.34. The van der Waals surface area contributed by atoms with E-state index in [4.69, 9.17) is 9.47 Å². The summed E-state index contributed by atoms with van der Waals surface area (Å²) in [4.78, 5) is 12.0. The molecular weight excluding hydrogens is 254 g/mol. The molecule has 1 saturated heterocycles. The van der Waals surface area contributed by atoms with Crippen molar-refractivity contribution in [1.29, 1.82) is 0 Å². The molecular formula is C14H16F2O3. The Morgan fingerprint density at radius 3 is 2.58 bits per heavy atom. The van der Waals surface area contributed by atoms with Crippen LogP contribution in [0.25, 0.3) is 0 Å². The third-order valence-corrected chi connectivity index (χ3v) is 3.59. The molecule has 1 aliphatic rings. The van der Waals surface area contributed by atoms with E-state index in [0.29, 0.717) is 0 Å². The van der Waals surface area contributed by atoms with Crippen molar-refractivity contribution in [1.82, 2.24) is 0 Å². The first-order valence-corrected chi connectivity index (χ1v) is 6.12. The summed E-state index contributed by atoms with van der Waals surface area (Å²) in [6.45, 7) is 5.43. The summed E-state index contributed by atoms with van der Waals surface area (Å²) in [6.07, 6.45) is 0. The molecule has 1 unspecified atom stereocenters. The summed E-state index contributed by atoms with van der Waals surface area (Å²) in [5.41, 5.74) is -1.93. The molecule has 104 valence electrons. The quantitative estimate of drug-likeness (QED) is 0.624. The molecule has 2 rings (SSSR count). The van der Waals surface area contributed by atoms with Crippen molar-refractivity contribution in [3.63, 3.8) is 0 Å². The monoisotopic (exact) mass is 270 g/mol. The molecule has 1 aromatic rings. The lowest BCUT2D eigenvalue weighted by atomic mass is 9.74. The van der Waals surface area contributed by atoms with Gasteiger partial charge in [0.15, 0.2) is 0 Å². The zero-order chi connectivity index (χ0) is 14.3. The predicted molar refractivity (Wildman–Crippen MR) is 64.4 cm³/mol. The van der Waals surface area contributed by atoms with E-state index in [9.17, 15) is 13.6 Å². The Bertz CT molecular complexity index is 507. The van der Waals surface area contributed by atoms with Gasteiger partial charge in [0.25, 0.3) is 0 Å². The Morgan fingerprint density at radius 1 is 1.47 bits per heavy atom. The maximum atomic E-state index is 13.9. The average molecular weight is 270 g/mol. The Morgan fingerprint density at radius 2 is 2.11 bits per heavy atom. The van der Waals surface area contributed by atoms with Crippen molar-refractivity contribution in [2.45, 2.75) is 26.4 Å². The van der Waals surface area contributed by atoms with Crippen LogP contribution in [0.2, 0.25) is 0 Å². The second kappa shape index (κ2) is 4.56. The fourth-order valence-corrected chi connectivity index (χ4v) is 2.22. The first kappa shape index (κ1) is 13.9. The van der Waals surface area contributed by atoms with Gasteiger partial charge in [-0.05, 0) is 26.8 Å². The molecule has 1 atom stereocenters. The largest absolute Gasteiger partial charge is 0.465 e. The van der Waals surface area contributed by atoms with E-state index in [1.165, 1.54) is 6.07 Å². The SMILES string of the molecule is CCOC(=O)C(C)(C)C1(c2ccc(F)cc2F)CO1. The number of carbonyl (C=O) groups excluding carboxylic acids is 1. The van der Waals surface area contributed by atoms with E-state index >= 15 is 0 Å². The van der Waals surface area contributed by atoms with Crippen LogP contribution in [0.1, 0.15) is 26.3 Å². The van der Waals surface area contributed by atoms with Crippen LogP contribution in [0.4, 0.5) is 8.78 Å². The maximum Gasteiger partial charge on any atom is 0.314 e. The lowest BCUT2D eigenvalue weighted by molar-refractivity contribution is -0.158. The lowest BCUT2D eigenvalue weighted by Gasteiger charge is -2.30. The smallest absolute Gasteiger partial charge is 0.314 e. The van der Waals surface area contributed by atoms with E-state index in [0.717, 1.165) is 12.1 Å². The van der Waals surface area contributed by atoms with Crippen LogP contribution in [-0.4, -0.2) is 19.2 Å². The summed E-state index contributed by atoms with van der Waals surface area (Å²) in [6, 6.07) is 3.27. The predicted octanol–water partition coefficient (Wildman–Crippen LogP) is 2.78. The van der Waals surface area contributed by atoms with Gasteiger partial charge in [0.05, 0.1) is 18.6 Å². The summed E-state index contributed by atoms with van der Waals surface area (Å²) < 4.78 is 37.2. The highest BCUT2D eigenvalue weighted by Crippen LogP contribution is 2.54. The normalized spacial score (nSPS) is 22.2. The van der Waals surface area contributed by atoms with Crippen molar-refractivity contribution in [3.8, 4) is 0 Å². The van der Waals surface area contributed by atoms with Crippen LogP contribution in [0, 0.1) is 17.0 Å². The number of hydrogen-bond donors (Lipinski definition) is 0.